The number of sulfonamides is 1. The second kappa shape index (κ2) is 12.3. The summed E-state index contributed by atoms with van der Waals surface area (Å²) in [7, 11) is -3.90. The van der Waals surface area contributed by atoms with Crippen molar-refractivity contribution in [2.45, 2.75) is 30.3 Å². The molecule has 0 fully saturated rings. The number of nitrogens with zero attached hydrogens (tertiary/aromatic N) is 4. The highest BCUT2D eigenvalue weighted by Crippen LogP contribution is 2.28. The van der Waals surface area contributed by atoms with Gasteiger partial charge in [0.1, 0.15) is 37.0 Å². The highest BCUT2D eigenvalue weighted by atomic mass is 32.2. The van der Waals surface area contributed by atoms with E-state index in [0.29, 0.717) is 27.4 Å². The van der Waals surface area contributed by atoms with Gasteiger partial charge in [0.25, 0.3) is 10.0 Å². The third-order valence-corrected chi connectivity index (χ3v) is 7.82. The van der Waals surface area contributed by atoms with Crippen LogP contribution in [0.3, 0.4) is 0 Å². The van der Waals surface area contributed by atoms with Crippen molar-refractivity contribution in [3.05, 3.63) is 59.9 Å². The van der Waals surface area contributed by atoms with Gasteiger partial charge >= 0.3 is 5.97 Å². The second-order valence-corrected chi connectivity index (χ2v) is 11.3. The predicted octanol–water partition coefficient (Wildman–Crippen LogP) is 1.39. The summed E-state index contributed by atoms with van der Waals surface area (Å²) in [6.45, 7) is -0.0556. The number of Topliss-reactive ketones (excluding diaryl/α,β-unsaturated/α-hetero) is 1. The molecular formula is C24H25N5O8S2. The minimum Gasteiger partial charge on any atom is -0.491 e. The van der Waals surface area contributed by atoms with Crippen molar-refractivity contribution in [3.8, 4) is 11.5 Å². The maximum Gasteiger partial charge on any atom is 0.307 e. The van der Waals surface area contributed by atoms with Crippen LogP contribution in [0.15, 0.2) is 53.0 Å². The number of carbonyl (C=O) groups excluding carboxylic acids is 1. The standard InChI is InChI=1S/C24H25N5O8S2/c25-39(34,35)24-26-21-6-5-20(11-22(21)38-24)37-14-17-12-29(28-27-17)13-18(31)10-16(23(32)33)9-15-1-3-19(4-2-15)36-8-7-30/h1-6,11-12,16,30H,7-10,13-14H2,(H,32,33)(H2,25,34,35)/t16-/m1/s1. The lowest BCUT2D eigenvalue weighted by Gasteiger charge is -2.12. The summed E-state index contributed by atoms with van der Waals surface area (Å²) in [5.74, 6) is -1.30. The van der Waals surface area contributed by atoms with Crippen molar-refractivity contribution in [1.29, 1.82) is 0 Å². The Balaban J connectivity index is 1.30. The number of hydrogen-bond acceptors (Lipinski definition) is 11. The molecule has 15 heteroatoms. The first-order valence-electron chi connectivity index (χ1n) is 11.6. The average Bonchev–Trinajstić information content (AvgIpc) is 3.53. The molecule has 0 spiro atoms. The summed E-state index contributed by atoms with van der Waals surface area (Å²) in [5, 5.41) is 31.5. The highest BCUT2D eigenvalue weighted by Gasteiger charge is 2.22. The zero-order valence-electron chi connectivity index (χ0n) is 20.5. The number of nitrogens with two attached hydrogens (primary N) is 1. The lowest BCUT2D eigenvalue weighted by molar-refractivity contribution is -0.143. The quantitative estimate of drug-likeness (QED) is 0.196. The Morgan fingerprint density at radius 3 is 2.54 bits per heavy atom. The Bertz CT molecular complexity index is 1570. The molecule has 2 aromatic heterocycles. The molecule has 0 aliphatic carbocycles. The fourth-order valence-electron chi connectivity index (χ4n) is 3.67. The topological polar surface area (TPSA) is 197 Å². The predicted molar refractivity (Wildman–Crippen MR) is 139 cm³/mol. The van der Waals surface area contributed by atoms with Crippen LogP contribution in [0.4, 0.5) is 0 Å². The molecule has 0 saturated carbocycles. The average molecular weight is 576 g/mol. The van der Waals surface area contributed by atoms with E-state index in [1.165, 1.54) is 10.9 Å². The molecule has 1 atom stereocenters. The Morgan fingerprint density at radius 2 is 1.85 bits per heavy atom. The van der Waals surface area contributed by atoms with Gasteiger partial charge < -0.3 is 19.7 Å². The number of benzene rings is 2. The third-order valence-electron chi connectivity index (χ3n) is 5.48. The molecule has 39 heavy (non-hydrogen) atoms. The summed E-state index contributed by atoms with van der Waals surface area (Å²) in [5.41, 5.74) is 1.66. The van der Waals surface area contributed by atoms with Crippen molar-refractivity contribution in [2.75, 3.05) is 13.2 Å². The molecule has 13 nitrogen and oxygen atoms in total. The van der Waals surface area contributed by atoms with Gasteiger partial charge in [0.05, 0.1) is 28.9 Å². The van der Waals surface area contributed by atoms with Crippen molar-refractivity contribution < 1.29 is 37.7 Å². The first-order valence-corrected chi connectivity index (χ1v) is 14.0. The van der Waals surface area contributed by atoms with Gasteiger partial charge in [-0.1, -0.05) is 17.3 Å². The van der Waals surface area contributed by atoms with E-state index in [1.54, 1.807) is 42.5 Å². The fraction of sp³-hybridized carbons (Fsp3) is 0.292. The van der Waals surface area contributed by atoms with Gasteiger partial charge in [0.15, 0.2) is 5.78 Å². The third kappa shape index (κ3) is 7.79. The maximum absolute atomic E-state index is 12.6. The fourth-order valence-corrected chi connectivity index (χ4v) is 5.36. The SMILES string of the molecule is NS(=O)(=O)c1nc2ccc(OCc3cn(CC(=O)C[C@@H](Cc4ccc(OCCO)cc4)C(=O)O)nn3)cc2s1. The van der Waals surface area contributed by atoms with Gasteiger partial charge in [-0.25, -0.2) is 23.2 Å². The number of ether oxygens (including phenoxy) is 2. The number of aliphatic hydroxyl groups is 1. The number of carboxylic acid groups (broad SMARTS) is 1. The molecule has 4 N–H and O–H groups in total. The number of primary sulfonamides is 1. The number of ketones is 1. The molecular weight excluding hydrogens is 550 g/mol. The van der Waals surface area contributed by atoms with Crippen LogP contribution >= 0.6 is 11.3 Å². The number of fused-ring (bicyclic) bond motifs is 1. The molecule has 0 aliphatic heterocycles. The molecule has 0 saturated heterocycles. The zero-order valence-corrected chi connectivity index (χ0v) is 22.1. The molecule has 0 amide bonds. The van der Waals surface area contributed by atoms with Crippen molar-refractivity contribution in [1.82, 2.24) is 20.0 Å². The van der Waals surface area contributed by atoms with E-state index in [4.69, 9.17) is 19.7 Å². The Hall–Kier alpha value is -3.92. The first-order chi connectivity index (χ1) is 18.6. The summed E-state index contributed by atoms with van der Waals surface area (Å²) < 4.78 is 35.7. The van der Waals surface area contributed by atoms with E-state index in [2.05, 4.69) is 15.3 Å². The van der Waals surface area contributed by atoms with Gasteiger partial charge in [-0.3, -0.25) is 9.59 Å². The number of hydrogen-bond donors (Lipinski definition) is 3. The summed E-state index contributed by atoms with van der Waals surface area (Å²) >= 11 is 0.932. The molecule has 206 valence electrons. The number of rotatable bonds is 14. The van der Waals surface area contributed by atoms with Crippen LogP contribution in [-0.4, -0.2) is 63.6 Å². The zero-order chi connectivity index (χ0) is 28.0. The molecule has 2 aromatic carbocycles. The first kappa shape index (κ1) is 28.1. The van der Waals surface area contributed by atoms with Crippen LogP contribution in [0.25, 0.3) is 10.2 Å². The van der Waals surface area contributed by atoms with Crippen LogP contribution in [0.2, 0.25) is 0 Å². The van der Waals surface area contributed by atoms with E-state index in [1.807, 2.05) is 0 Å². The molecule has 4 rings (SSSR count). The Morgan fingerprint density at radius 1 is 1.10 bits per heavy atom. The van der Waals surface area contributed by atoms with Crippen LogP contribution in [0, 0.1) is 5.92 Å². The smallest absolute Gasteiger partial charge is 0.307 e. The van der Waals surface area contributed by atoms with Crippen LogP contribution in [0.5, 0.6) is 11.5 Å². The number of thiazole rings is 1. The number of carbonyl (C=O) groups is 2. The minimum absolute atomic E-state index is 0.0380. The Kier molecular flexibility index (Phi) is 8.86. The maximum atomic E-state index is 12.6. The van der Waals surface area contributed by atoms with Crippen molar-refractivity contribution >= 4 is 43.3 Å². The van der Waals surface area contributed by atoms with E-state index in [9.17, 15) is 23.1 Å². The number of aliphatic hydroxyl groups excluding tert-OH is 1. The largest absolute Gasteiger partial charge is 0.491 e. The monoisotopic (exact) mass is 575 g/mol. The lowest BCUT2D eigenvalue weighted by atomic mass is 9.94. The summed E-state index contributed by atoms with van der Waals surface area (Å²) in [6.07, 6.45) is 1.52. The van der Waals surface area contributed by atoms with Gasteiger partial charge in [0.2, 0.25) is 4.34 Å². The normalized spacial score (nSPS) is 12.4. The van der Waals surface area contributed by atoms with Crippen LogP contribution in [-0.2, 0) is 39.2 Å². The van der Waals surface area contributed by atoms with E-state index >= 15 is 0 Å². The van der Waals surface area contributed by atoms with Crippen molar-refractivity contribution in [3.63, 3.8) is 0 Å². The van der Waals surface area contributed by atoms with E-state index in [0.717, 1.165) is 16.9 Å². The minimum atomic E-state index is -3.90. The van der Waals surface area contributed by atoms with Crippen LogP contribution < -0.4 is 14.6 Å². The summed E-state index contributed by atoms with van der Waals surface area (Å²) in [6, 6.07) is 11.7. The molecule has 2 heterocycles. The number of aliphatic carboxylic acids is 1. The van der Waals surface area contributed by atoms with E-state index < -0.39 is 21.9 Å². The van der Waals surface area contributed by atoms with Gasteiger partial charge in [-0.15, -0.1) is 16.4 Å². The molecule has 4 aromatic rings. The second-order valence-electron chi connectivity index (χ2n) is 8.55. The molecule has 0 radical (unpaired) electrons. The Labute approximate surface area is 226 Å². The highest BCUT2D eigenvalue weighted by molar-refractivity contribution is 7.91. The molecule has 0 aliphatic rings. The van der Waals surface area contributed by atoms with Gasteiger partial charge in [-0.2, -0.15) is 0 Å². The molecule has 0 bridgehead atoms. The van der Waals surface area contributed by atoms with E-state index in [-0.39, 0.29) is 49.3 Å². The van der Waals surface area contributed by atoms with Crippen LogP contribution in [0.1, 0.15) is 17.7 Å². The number of carboxylic acids is 1. The summed E-state index contributed by atoms with van der Waals surface area (Å²) in [4.78, 5) is 28.3. The molecule has 0 unspecified atom stereocenters. The van der Waals surface area contributed by atoms with Gasteiger partial charge in [-0.05, 0) is 42.3 Å². The van der Waals surface area contributed by atoms with Crippen molar-refractivity contribution in [2.24, 2.45) is 11.1 Å². The number of aromatic nitrogens is 4. The van der Waals surface area contributed by atoms with Gasteiger partial charge in [0, 0.05) is 6.42 Å². The lowest BCUT2D eigenvalue weighted by Crippen LogP contribution is -2.23.